The number of rotatable bonds is 4. The van der Waals surface area contributed by atoms with Crippen molar-refractivity contribution >= 4 is 11.3 Å². The molecule has 118 valence electrons. The first-order valence-electron chi connectivity index (χ1n) is 7.76. The van der Waals surface area contributed by atoms with Gasteiger partial charge in [-0.15, -0.1) is 11.3 Å². The van der Waals surface area contributed by atoms with Gasteiger partial charge in [-0.3, -0.25) is 0 Å². The first-order chi connectivity index (χ1) is 11.3. The van der Waals surface area contributed by atoms with Crippen LogP contribution in [0.3, 0.4) is 0 Å². The summed E-state index contributed by atoms with van der Waals surface area (Å²) in [5.74, 6) is -0.240. The third-order valence-electron chi connectivity index (χ3n) is 4.25. The largest absolute Gasteiger partial charge is 0.303 e. The summed E-state index contributed by atoms with van der Waals surface area (Å²) in [5, 5.41) is 11.1. The Bertz CT molecular complexity index is 797. The Morgan fingerprint density at radius 2 is 2.26 bits per heavy atom. The summed E-state index contributed by atoms with van der Waals surface area (Å²) in [6.45, 7) is 0.757. The lowest BCUT2D eigenvalue weighted by Gasteiger charge is -2.24. The van der Waals surface area contributed by atoms with Crippen molar-refractivity contribution < 1.29 is 4.39 Å². The van der Waals surface area contributed by atoms with Crippen molar-refractivity contribution in [1.82, 2.24) is 20.1 Å². The van der Waals surface area contributed by atoms with Crippen LogP contribution in [0, 0.1) is 5.82 Å². The molecule has 1 N–H and O–H groups in total. The van der Waals surface area contributed by atoms with E-state index in [1.807, 2.05) is 23.8 Å². The Hall–Kier alpha value is -2.05. The monoisotopic (exact) mass is 328 g/mol. The maximum absolute atomic E-state index is 14.1. The number of fused-ring (bicyclic) bond motifs is 1. The van der Waals surface area contributed by atoms with E-state index in [1.54, 1.807) is 28.2 Å². The molecule has 1 aliphatic rings. The molecule has 1 aromatic carbocycles. The van der Waals surface area contributed by atoms with Crippen LogP contribution in [0.4, 0.5) is 4.39 Å². The van der Waals surface area contributed by atoms with Gasteiger partial charge in [-0.05, 0) is 31.4 Å². The number of benzene rings is 1. The molecule has 0 bridgehead atoms. The average molecular weight is 328 g/mol. The number of nitrogens with zero attached hydrogens (tertiary/aromatic N) is 3. The van der Waals surface area contributed by atoms with Crippen LogP contribution in [-0.4, -0.2) is 14.8 Å². The molecule has 2 aromatic heterocycles. The van der Waals surface area contributed by atoms with Crippen LogP contribution in [0.1, 0.15) is 35.1 Å². The lowest BCUT2D eigenvalue weighted by Crippen LogP contribution is -2.25. The average Bonchev–Trinajstić information content (AvgIpc) is 3.23. The number of aromatic nitrogens is 3. The fraction of sp³-hybridized carbons (Fsp3) is 0.294. The first-order valence-corrected chi connectivity index (χ1v) is 8.64. The van der Waals surface area contributed by atoms with E-state index >= 15 is 0 Å². The maximum Gasteiger partial charge on any atom is 0.148 e. The Morgan fingerprint density at radius 1 is 1.35 bits per heavy atom. The normalized spacial score (nSPS) is 17.2. The lowest BCUT2D eigenvalue weighted by atomic mass is 9.93. The molecule has 23 heavy (non-hydrogen) atoms. The topological polar surface area (TPSA) is 42.7 Å². The van der Waals surface area contributed by atoms with Gasteiger partial charge in [0, 0.05) is 35.4 Å². The summed E-state index contributed by atoms with van der Waals surface area (Å²) in [7, 11) is 0. The van der Waals surface area contributed by atoms with Crippen LogP contribution in [0.25, 0.3) is 5.69 Å². The van der Waals surface area contributed by atoms with Gasteiger partial charge in [0.25, 0.3) is 0 Å². The standard InChI is InChI=1S/C17H17FN4S/c18-13-4-1-2-6-16(13)22-15-7-3-5-14(12(15)10-21-22)20-11-17-19-8-9-23-17/h1-2,4,6,8-10,14,20H,3,5,7,11H2. The number of thiazole rings is 1. The molecule has 3 aromatic rings. The minimum atomic E-state index is -0.240. The van der Waals surface area contributed by atoms with Crippen molar-refractivity contribution in [3.05, 3.63) is 64.1 Å². The zero-order valence-corrected chi connectivity index (χ0v) is 13.4. The third kappa shape index (κ3) is 2.80. The van der Waals surface area contributed by atoms with Gasteiger partial charge in [0.1, 0.15) is 16.5 Å². The summed E-state index contributed by atoms with van der Waals surface area (Å²) >= 11 is 1.65. The number of hydrogen-bond acceptors (Lipinski definition) is 4. The minimum absolute atomic E-state index is 0.240. The number of para-hydroxylation sites is 1. The summed E-state index contributed by atoms with van der Waals surface area (Å²) in [4.78, 5) is 4.31. The highest BCUT2D eigenvalue weighted by atomic mass is 32.1. The van der Waals surface area contributed by atoms with E-state index in [9.17, 15) is 4.39 Å². The van der Waals surface area contributed by atoms with Gasteiger partial charge < -0.3 is 5.32 Å². The SMILES string of the molecule is Fc1ccccc1-n1ncc2c1CCCC2NCc1nccs1. The predicted molar refractivity (Wildman–Crippen MR) is 88.2 cm³/mol. The Labute approximate surface area is 138 Å². The van der Waals surface area contributed by atoms with Gasteiger partial charge in [0.05, 0.1) is 6.20 Å². The highest BCUT2D eigenvalue weighted by Crippen LogP contribution is 2.31. The quantitative estimate of drug-likeness (QED) is 0.795. The fourth-order valence-corrected chi connectivity index (χ4v) is 3.72. The Kier molecular flexibility index (Phi) is 3.93. The van der Waals surface area contributed by atoms with Crippen LogP contribution in [0.15, 0.2) is 42.0 Å². The molecular formula is C17H17FN4S. The van der Waals surface area contributed by atoms with E-state index < -0.39 is 0 Å². The molecule has 2 heterocycles. The molecule has 1 aliphatic carbocycles. The van der Waals surface area contributed by atoms with Crippen molar-refractivity contribution in [2.24, 2.45) is 0 Å². The van der Waals surface area contributed by atoms with Crippen LogP contribution in [0.5, 0.6) is 0 Å². The van der Waals surface area contributed by atoms with Crippen molar-refractivity contribution in [3.63, 3.8) is 0 Å². The van der Waals surface area contributed by atoms with Crippen LogP contribution in [-0.2, 0) is 13.0 Å². The van der Waals surface area contributed by atoms with Gasteiger partial charge in [-0.2, -0.15) is 5.10 Å². The van der Waals surface area contributed by atoms with E-state index in [0.717, 1.165) is 36.5 Å². The van der Waals surface area contributed by atoms with Gasteiger partial charge >= 0.3 is 0 Å². The summed E-state index contributed by atoms with van der Waals surface area (Å²) in [6.07, 6.45) is 6.77. The highest BCUT2D eigenvalue weighted by Gasteiger charge is 2.25. The van der Waals surface area contributed by atoms with Crippen molar-refractivity contribution in [2.75, 3.05) is 0 Å². The van der Waals surface area contributed by atoms with Crippen molar-refractivity contribution in [3.8, 4) is 5.69 Å². The molecule has 4 rings (SSSR count). The molecule has 0 spiro atoms. The van der Waals surface area contributed by atoms with Crippen molar-refractivity contribution in [1.29, 1.82) is 0 Å². The summed E-state index contributed by atoms with van der Waals surface area (Å²) in [6, 6.07) is 7.04. The molecule has 0 saturated carbocycles. The zero-order valence-electron chi connectivity index (χ0n) is 12.6. The van der Waals surface area contributed by atoms with Crippen LogP contribution < -0.4 is 5.32 Å². The molecule has 0 radical (unpaired) electrons. The van der Waals surface area contributed by atoms with Crippen LogP contribution in [0.2, 0.25) is 0 Å². The van der Waals surface area contributed by atoms with E-state index in [4.69, 9.17) is 0 Å². The molecule has 1 atom stereocenters. The van der Waals surface area contributed by atoms with Gasteiger partial charge in [-0.1, -0.05) is 12.1 Å². The number of halogens is 1. The van der Waals surface area contributed by atoms with Gasteiger partial charge in [-0.25, -0.2) is 14.1 Å². The number of hydrogen-bond donors (Lipinski definition) is 1. The summed E-state index contributed by atoms with van der Waals surface area (Å²) in [5.41, 5.74) is 2.81. The molecule has 0 fully saturated rings. The first kappa shape index (κ1) is 14.5. The molecule has 0 aliphatic heterocycles. The predicted octanol–water partition coefficient (Wildman–Crippen LogP) is 3.64. The Morgan fingerprint density at radius 3 is 3.09 bits per heavy atom. The van der Waals surface area contributed by atoms with Gasteiger partial charge in [0.2, 0.25) is 0 Å². The van der Waals surface area contributed by atoms with Gasteiger partial charge in [0.15, 0.2) is 0 Å². The third-order valence-corrected chi connectivity index (χ3v) is 5.03. The second-order valence-electron chi connectivity index (χ2n) is 5.66. The molecule has 6 heteroatoms. The zero-order chi connectivity index (χ0) is 15.6. The second kappa shape index (κ2) is 6.22. The molecule has 0 amide bonds. The van der Waals surface area contributed by atoms with E-state index in [0.29, 0.717) is 5.69 Å². The summed E-state index contributed by atoms with van der Waals surface area (Å²) < 4.78 is 15.8. The lowest BCUT2D eigenvalue weighted by molar-refractivity contribution is 0.453. The molecule has 0 saturated heterocycles. The maximum atomic E-state index is 14.1. The molecule has 1 unspecified atom stereocenters. The number of nitrogens with one attached hydrogen (secondary N) is 1. The van der Waals surface area contributed by atoms with E-state index in [-0.39, 0.29) is 11.9 Å². The smallest absolute Gasteiger partial charge is 0.148 e. The van der Waals surface area contributed by atoms with Crippen molar-refractivity contribution in [2.45, 2.75) is 31.8 Å². The highest BCUT2D eigenvalue weighted by molar-refractivity contribution is 7.09. The minimum Gasteiger partial charge on any atom is -0.303 e. The fourth-order valence-electron chi connectivity index (χ4n) is 3.15. The molecular weight excluding hydrogens is 311 g/mol. The van der Waals surface area contributed by atoms with E-state index in [1.165, 1.54) is 11.6 Å². The van der Waals surface area contributed by atoms with Crippen LogP contribution >= 0.6 is 11.3 Å². The molecule has 4 nitrogen and oxygen atoms in total. The van der Waals surface area contributed by atoms with E-state index in [2.05, 4.69) is 15.4 Å². The second-order valence-corrected chi connectivity index (χ2v) is 6.64. The Balaban J connectivity index is 1.61.